The van der Waals surface area contributed by atoms with Gasteiger partial charge in [-0.15, -0.1) is 0 Å². The van der Waals surface area contributed by atoms with E-state index in [0.29, 0.717) is 10.6 Å². The van der Waals surface area contributed by atoms with Crippen LogP contribution in [0.4, 0.5) is 5.69 Å². The molecule has 0 fully saturated rings. The fourth-order valence-electron chi connectivity index (χ4n) is 1.89. The molecule has 2 aromatic rings. The molecular weight excluding hydrogens is 298 g/mol. The van der Waals surface area contributed by atoms with Gasteiger partial charge in [0.25, 0.3) is 5.91 Å². The van der Waals surface area contributed by atoms with E-state index in [1.165, 1.54) is 0 Å². The summed E-state index contributed by atoms with van der Waals surface area (Å²) >= 11 is 5.87. The highest BCUT2D eigenvalue weighted by Crippen LogP contribution is 2.13. The lowest BCUT2D eigenvalue weighted by Crippen LogP contribution is -2.19. The molecule has 4 nitrogen and oxygen atoms in total. The van der Waals surface area contributed by atoms with E-state index in [1.807, 2.05) is 50.2 Å². The van der Waals surface area contributed by atoms with Crippen molar-refractivity contribution < 1.29 is 4.79 Å². The van der Waals surface area contributed by atoms with Crippen molar-refractivity contribution in [1.82, 2.24) is 5.43 Å². The van der Waals surface area contributed by atoms with Crippen LogP contribution in [0.25, 0.3) is 0 Å². The zero-order valence-electron chi connectivity index (χ0n) is 12.8. The number of benzene rings is 2. The topological polar surface area (TPSA) is 44.7 Å². The number of anilines is 1. The number of nitrogens with one attached hydrogen (secondary N) is 1. The maximum Gasteiger partial charge on any atom is 0.271 e. The third kappa shape index (κ3) is 4.09. The number of nitrogens with zero attached hydrogens (tertiary/aromatic N) is 2. The number of hydrogen-bond acceptors (Lipinski definition) is 3. The number of hydrazone groups is 1. The lowest BCUT2D eigenvalue weighted by atomic mass is 10.1. The molecular formula is C17H18ClN3O. The first-order valence-electron chi connectivity index (χ1n) is 6.85. The molecule has 1 N–H and O–H groups in total. The summed E-state index contributed by atoms with van der Waals surface area (Å²) in [6, 6.07) is 14.7. The summed E-state index contributed by atoms with van der Waals surface area (Å²) in [4.78, 5) is 14.0. The van der Waals surface area contributed by atoms with E-state index in [9.17, 15) is 4.79 Å². The fraction of sp³-hybridized carbons (Fsp3) is 0.176. The molecule has 0 aliphatic rings. The summed E-state index contributed by atoms with van der Waals surface area (Å²) < 4.78 is 0. The van der Waals surface area contributed by atoms with Crippen molar-refractivity contribution in [1.29, 1.82) is 0 Å². The summed E-state index contributed by atoms with van der Waals surface area (Å²) in [5, 5.41) is 4.66. The van der Waals surface area contributed by atoms with Gasteiger partial charge in [-0.3, -0.25) is 4.79 Å². The molecule has 0 radical (unpaired) electrons. The van der Waals surface area contributed by atoms with Crippen molar-refractivity contribution in [3.05, 3.63) is 64.7 Å². The van der Waals surface area contributed by atoms with Crippen LogP contribution in [-0.4, -0.2) is 25.7 Å². The number of carbonyl (C=O) groups excluding carboxylic acids is 1. The molecule has 2 aromatic carbocycles. The van der Waals surface area contributed by atoms with Crippen molar-refractivity contribution in [3.8, 4) is 0 Å². The lowest BCUT2D eigenvalue weighted by molar-refractivity contribution is 0.0955. The van der Waals surface area contributed by atoms with Gasteiger partial charge < -0.3 is 4.90 Å². The number of carbonyl (C=O) groups is 1. The Morgan fingerprint density at radius 3 is 2.36 bits per heavy atom. The zero-order valence-corrected chi connectivity index (χ0v) is 13.6. The standard InChI is InChI=1S/C17H18ClN3O/c1-12(13-7-9-16(10-8-13)21(2)3)19-20-17(22)14-5-4-6-15(18)11-14/h4-11H,1-3H3,(H,20,22)/b19-12-. The smallest absolute Gasteiger partial charge is 0.271 e. The quantitative estimate of drug-likeness (QED) is 0.692. The van der Waals surface area contributed by atoms with E-state index in [-0.39, 0.29) is 5.91 Å². The van der Waals surface area contributed by atoms with Gasteiger partial charge >= 0.3 is 0 Å². The van der Waals surface area contributed by atoms with E-state index in [4.69, 9.17) is 11.6 Å². The second kappa shape index (κ2) is 7.09. The Balaban J connectivity index is 2.07. The third-order valence-corrected chi connectivity index (χ3v) is 3.45. The number of amides is 1. The van der Waals surface area contributed by atoms with Crippen molar-refractivity contribution in [3.63, 3.8) is 0 Å². The van der Waals surface area contributed by atoms with Crippen LogP contribution in [0.5, 0.6) is 0 Å². The average molecular weight is 316 g/mol. The van der Waals surface area contributed by atoms with E-state index >= 15 is 0 Å². The van der Waals surface area contributed by atoms with E-state index < -0.39 is 0 Å². The molecule has 0 aliphatic carbocycles. The summed E-state index contributed by atoms with van der Waals surface area (Å²) in [6.07, 6.45) is 0. The van der Waals surface area contributed by atoms with Gasteiger partial charge in [0.05, 0.1) is 5.71 Å². The predicted molar refractivity (Wildman–Crippen MR) is 91.9 cm³/mol. The Kier molecular flexibility index (Phi) is 5.17. The van der Waals surface area contributed by atoms with Gasteiger partial charge in [-0.2, -0.15) is 5.10 Å². The Labute approximate surface area is 135 Å². The van der Waals surface area contributed by atoms with Crippen LogP contribution in [0.2, 0.25) is 5.02 Å². The normalized spacial score (nSPS) is 11.2. The minimum atomic E-state index is -0.285. The van der Waals surface area contributed by atoms with Gasteiger partial charge in [0.15, 0.2) is 0 Å². The highest BCUT2D eigenvalue weighted by atomic mass is 35.5. The first-order chi connectivity index (χ1) is 10.5. The fourth-order valence-corrected chi connectivity index (χ4v) is 2.08. The second-order valence-electron chi connectivity index (χ2n) is 5.09. The van der Waals surface area contributed by atoms with Crippen LogP contribution in [0, 0.1) is 0 Å². The van der Waals surface area contributed by atoms with Gasteiger partial charge in [0.1, 0.15) is 0 Å². The Morgan fingerprint density at radius 2 is 1.77 bits per heavy atom. The molecule has 0 aromatic heterocycles. The Hall–Kier alpha value is -2.33. The lowest BCUT2D eigenvalue weighted by Gasteiger charge is -2.12. The number of rotatable bonds is 4. The highest BCUT2D eigenvalue weighted by Gasteiger charge is 2.05. The van der Waals surface area contributed by atoms with Crippen LogP contribution in [0.1, 0.15) is 22.8 Å². The van der Waals surface area contributed by atoms with Gasteiger partial charge in [0.2, 0.25) is 0 Å². The first-order valence-corrected chi connectivity index (χ1v) is 7.23. The predicted octanol–water partition coefficient (Wildman–Crippen LogP) is 3.56. The Morgan fingerprint density at radius 1 is 1.09 bits per heavy atom. The average Bonchev–Trinajstić information content (AvgIpc) is 2.52. The molecule has 1 amide bonds. The van der Waals surface area contributed by atoms with Crippen LogP contribution in [-0.2, 0) is 0 Å². The van der Waals surface area contributed by atoms with Crippen LogP contribution < -0.4 is 10.3 Å². The van der Waals surface area contributed by atoms with Crippen molar-refractivity contribution >= 4 is 28.9 Å². The molecule has 0 bridgehead atoms. The molecule has 22 heavy (non-hydrogen) atoms. The van der Waals surface area contributed by atoms with Gasteiger partial charge in [-0.1, -0.05) is 29.8 Å². The molecule has 114 valence electrons. The van der Waals surface area contributed by atoms with E-state index in [0.717, 1.165) is 17.0 Å². The maximum absolute atomic E-state index is 12.0. The first kappa shape index (κ1) is 16.0. The molecule has 0 atom stereocenters. The second-order valence-corrected chi connectivity index (χ2v) is 5.53. The molecule has 0 saturated heterocycles. The van der Waals surface area contributed by atoms with Gasteiger partial charge in [0, 0.05) is 30.4 Å². The van der Waals surface area contributed by atoms with Crippen LogP contribution >= 0.6 is 11.6 Å². The molecule has 0 unspecified atom stereocenters. The minimum Gasteiger partial charge on any atom is -0.378 e. The SMILES string of the molecule is C/C(=N/NC(=O)c1cccc(Cl)c1)c1ccc(N(C)C)cc1. The monoisotopic (exact) mass is 315 g/mol. The Bertz CT molecular complexity index is 693. The van der Waals surface area contributed by atoms with Crippen molar-refractivity contribution in [2.24, 2.45) is 5.10 Å². The minimum absolute atomic E-state index is 0.285. The zero-order chi connectivity index (χ0) is 16.1. The van der Waals surface area contributed by atoms with Crippen molar-refractivity contribution in [2.45, 2.75) is 6.92 Å². The third-order valence-electron chi connectivity index (χ3n) is 3.21. The summed E-state index contributed by atoms with van der Waals surface area (Å²) in [6.45, 7) is 1.85. The number of hydrogen-bond donors (Lipinski definition) is 1. The summed E-state index contributed by atoms with van der Waals surface area (Å²) in [5.74, 6) is -0.285. The summed E-state index contributed by atoms with van der Waals surface area (Å²) in [7, 11) is 3.97. The summed E-state index contributed by atoms with van der Waals surface area (Å²) in [5.41, 5.74) is 5.82. The van der Waals surface area contributed by atoms with Crippen molar-refractivity contribution in [2.75, 3.05) is 19.0 Å². The maximum atomic E-state index is 12.0. The molecule has 0 spiro atoms. The van der Waals surface area contributed by atoms with Gasteiger partial charge in [-0.05, 0) is 42.8 Å². The van der Waals surface area contributed by atoms with Crippen LogP contribution in [0.3, 0.4) is 0 Å². The van der Waals surface area contributed by atoms with E-state index in [1.54, 1.807) is 24.3 Å². The highest BCUT2D eigenvalue weighted by molar-refractivity contribution is 6.30. The number of halogens is 1. The van der Waals surface area contributed by atoms with E-state index in [2.05, 4.69) is 10.5 Å². The molecule has 0 saturated carbocycles. The molecule has 5 heteroatoms. The van der Waals surface area contributed by atoms with Crippen LogP contribution in [0.15, 0.2) is 53.6 Å². The molecule has 0 heterocycles. The molecule has 2 rings (SSSR count). The van der Waals surface area contributed by atoms with Gasteiger partial charge in [-0.25, -0.2) is 5.43 Å². The largest absolute Gasteiger partial charge is 0.378 e. The molecule has 0 aliphatic heterocycles.